The molecule has 2 unspecified atom stereocenters. The predicted molar refractivity (Wildman–Crippen MR) is 153 cm³/mol. The SMILES string of the molecule is CC(C)[C@H](N)C(=O)N(C(=O)NCC1=CC=CCN1C)C(Cc1ccccc1)C1C=C(Cc2ccccc2)NO1. The average molecular weight is 530 g/mol. The molecule has 206 valence electrons. The first-order valence-corrected chi connectivity index (χ1v) is 13.5. The van der Waals surface area contributed by atoms with Gasteiger partial charge in [0, 0.05) is 31.4 Å². The quantitative estimate of drug-likeness (QED) is 0.436. The summed E-state index contributed by atoms with van der Waals surface area (Å²) in [5.41, 5.74) is 13.3. The summed E-state index contributed by atoms with van der Waals surface area (Å²) in [6.07, 6.45) is 8.44. The molecule has 0 aliphatic carbocycles. The van der Waals surface area contributed by atoms with Gasteiger partial charge in [0.05, 0.1) is 18.6 Å². The van der Waals surface area contributed by atoms with Gasteiger partial charge >= 0.3 is 6.03 Å². The third kappa shape index (κ3) is 7.37. The zero-order valence-electron chi connectivity index (χ0n) is 22.9. The number of carbonyl (C=O) groups is 2. The minimum atomic E-state index is -0.837. The summed E-state index contributed by atoms with van der Waals surface area (Å²) < 4.78 is 0. The Kier molecular flexibility index (Phi) is 9.57. The Morgan fingerprint density at radius 2 is 1.77 bits per heavy atom. The minimum absolute atomic E-state index is 0.144. The van der Waals surface area contributed by atoms with E-state index < -0.39 is 30.1 Å². The lowest BCUT2D eigenvalue weighted by molar-refractivity contribution is -0.135. The van der Waals surface area contributed by atoms with E-state index >= 15 is 0 Å². The maximum atomic E-state index is 13.8. The molecule has 0 bridgehead atoms. The van der Waals surface area contributed by atoms with Gasteiger partial charge in [0.15, 0.2) is 0 Å². The molecule has 0 saturated heterocycles. The van der Waals surface area contributed by atoms with Crippen molar-refractivity contribution in [3.8, 4) is 0 Å². The van der Waals surface area contributed by atoms with Crippen molar-refractivity contribution in [2.45, 2.75) is 44.9 Å². The second-order valence-electron chi connectivity index (χ2n) is 10.4. The maximum Gasteiger partial charge on any atom is 0.324 e. The van der Waals surface area contributed by atoms with Crippen molar-refractivity contribution in [1.82, 2.24) is 20.6 Å². The highest BCUT2D eigenvalue weighted by Gasteiger charge is 2.40. The number of hydroxylamine groups is 1. The van der Waals surface area contributed by atoms with Crippen LogP contribution in [0.3, 0.4) is 0 Å². The Balaban J connectivity index is 1.64. The van der Waals surface area contributed by atoms with E-state index in [-0.39, 0.29) is 12.5 Å². The third-order valence-corrected chi connectivity index (χ3v) is 7.10. The lowest BCUT2D eigenvalue weighted by atomic mass is 9.96. The topological polar surface area (TPSA) is 99.9 Å². The minimum Gasteiger partial charge on any atom is -0.373 e. The van der Waals surface area contributed by atoms with E-state index in [1.807, 2.05) is 106 Å². The number of allylic oxidation sites excluding steroid dienone is 3. The summed E-state index contributed by atoms with van der Waals surface area (Å²) >= 11 is 0. The number of rotatable bonds is 10. The van der Waals surface area contributed by atoms with Crippen molar-refractivity contribution in [3.05, 3.63) is 107 Å². The summed E-state index contributed by atoms with van der Waals surface area (Å²) in [7, 11) is 1.97. The molecule has 8 nitrogen and oxygen atoms in total. The van der Waals surface area contributed by atoms with Crippen LogP contribution in [0.15, 0.2) is 96.4 Å². The fourth-order valence-electron chi connectivity index (χ4n) is 4.67. The molecule has 0 spiro atoms. The Labute approximate surface area is 231 Å². The standard InChI is InChI=1S/C31H39N5O3/c1-22(2)29(32)30(37)36(31(38)33-21-26-16-10-11-17-35(26)3)27(19-24-14-8-5-9-15-24)28-20-25(34-39-28)18-23-12-6-4-7-13-23/h4-16,20,22,27-29,34H,17-19,21,32H2,1-3H3,(H,33,38)/t27?,28?,29-/m0/s1. The van der Waals surface area contributed by atoms with Crippen molar-refractivity contribution >= 4 is 11.9 Å². The number of urea groups is 1. The molecule has 39 heavy (non-hydrogen) atoms. The van der Waals surface area contributed by atoms with E-state index in [2.05, 4.69) is 15.7 Å². The normalized spacial score (nSPS) is 18.2. The van der Waals surface area contributed by atoms with Crippen LogP contribution < -0.4 is 16.5 Å². The Hall–Kier alpha value is -3.88. The number of imide groups is 1. The molecule has 4 N–H and O–H groups in total. The van der Waals surface area contributed by atoms with Crippen molar-refractivity contribution in [3.63, 3.8) is 0 Å². The number of nitrogens with zero attached hydrogens (tertiary/aromatic N) is 2. The number of nitrogens with one attached hydrogen (secondary N) is 2. The second-order valence-corrected chi connectivity index (χ2v) is 10.4. The molecule has 0 fully saturated rings. The first kappa shape index (κ1) is 28.1. The molecular weight excluding hydrogens is 490 g/mol. The number of likely N-dealkylation sites (N-methyl/N-ethyl adjacent to an activating group) is 1. The molecule has 0 aromatic heterocycles. The molecule has 2 aliphatic heterocycles. The number of hydrogen-bond donors (Lipinski definition) is 3. The molecule has 2 aliphatic rings. The fourth-order valence-corrected chi connectivity index (χ4v) is 4.67. The van der Waals surface area contributed by atoms with Gasteiger partial charge in [-0.05, 0) is 35.6 Å². The van der Waals surface area contributed by atoms with E-state index in [0.29, 0.717) is 12.8 Å². The van der Waals surface area contributed by atoms with Crippen LogP contribution in [0.4, 0.5) is 4.79 Å². The van der Waals surface area contributed by atoms with Gasteiger partial charge in [0.25, 0.3) is 0 Å². The molecule has 3 atom stereocenters. The number of benzene rings is 2. The number of nitrogens with two attached hydrogens (primary N) is 1. The van der Waals surface area contributed by atoms with Crippen molar-refractivity contribution in [1.29, 1.82) is 0 Å². The molecule has 2 aromatic carbocycles. The fraction of sp³-hybridized carbons (Fsp3) is 0.355. The highest BCUT2D eigenvalue weighted by Crippen LogP contribution is 2.23. The Morgan fingerprint density at radius 1 is 1.10 bits per heavy atom. The summed E-state index contributed by atoms with van der Waals surface area (Å²) in [4.78, 5) is 37.0. The molecule has 3 amide bonds. The highest BCUT2D eigenvalue weighted by atomic mass is 16.7. The molecule has 0 saturated carbocycles. The van der Waals surface area contributed by atoms with Gasteiger partial charge in [-0.1, -0.05) is 86.7 Å². The maximum absolute atomic E-state index is 13.8. The summed E-state index contributed by atoms with van der Waals surface area (Å²) in [6, 6.07) is 17.9. The van der Waals surface area contributed by atoms with Crippen LogP contribution in [-0.2, 0) is 22.5 Å². The van der Waals surface area contributed by atoms with Crippen LogP contribution in [-0.4, -0.2) is 60.1 Å². The smallest absolute Gasteiger partial charge is 0.324 e. The first-order valence-electron chi connectivity index (χ1n) is 13.5. The first-order chi connectivity index (χ1) is 18.8. The van der Waals surface area contributed by atoms with Crippen LogP contribution in [0.25, 0.3) is 0 Å². The van der Waals surface area contributed by atoms with Crippen molar-refractivity contribution < 1.29 is 14.4 Å². The van der Waals surface area contributed by atoms with Crippen LogP contribution >= 0.6 is 0 Å². The molecule has 8 heteroatoms. The summed E-state index contributed by atoms with van der Waals surface area (Å²) in [6.45, 7) is 4.81. The number of carbonyl (C=O) groups excluding carboxylic acids is 2. The van der Waals surface area contributed by atoms with E-state index in [1.165, 1.54) is 4.90 Å². The summed E-state index contributed by atoms with van der Waals surface area (Å²) in [5.74, 6) is -0.572. The zero-order valence-corrected chi connectivity index (χ0v) is 22.9. The zero-order chi connectivity index (χ0) is 27.8. The van der Waals surface area contributed by atoms with E-state index in [9.17, 15) is 9.59 Å². The van der Waals surface area contributed by atoms with E-state index in [0.717, 1.165) is 29.1 Å². The van der Waals surface area contributed by atoms with Crippen LogP contribution in [0.5, 0.6) is 0 Å². The largest absolute Gasteiger partial charge is 0.373 e. The van der Waals surface area contributed by atoms with Crippen LogP contribution in [0.2, 0.25) is 0 Å². The second kappa shape index (κ2) is 13.3. The van der Waals surface area contributed by atoms with Crippen molar-refractivity contribution in [2.24, 2.45) is 11.7 Å². The molecule has 0 radical (unpaired) electrons. The Morgan fingerprint density at radius 3 is 2.41 bits per heavy atom. The van der Waals surface area contributed by atoms with Gasteiger partial charge in [-0.3, -0.25) is 20.0 Å². The van der Waals surface area contributed by atoms with Gasteiger partial charge in [0.2, 0.25) is 5.91 Å². The Bertz CT molecular complexity index is 1210. The monoisotopic (exact) mass is 529 g/mol. The summed E-state index contributed by atoms with van der Waals surface area (Å²) in [5, 5.41) is 2.97. The third-order valence-electron chi connectivity index (χ3n) is 7.10. The lowest BCUT2D eigenvalue weighted by Crippen LogP contribution is -2.59. The van der Waals surface area contributed by atoms with Gasteiger partial charge in [-0.25, -0.2) is 4.79 Å². The van der Waals surface area contributed by atoms with Crippen LogP contribution in [0.1, 0.15) is 25.0 Å². The number of hydrogen-bond acceptors (Lipinski definition) is 6. The van der Waals surface area contributed by atoms with Crippen molar-refractivity contribution in [2.75, 3.05) is 20.1 Å². The number of amides is 3. The van der Waals surface area contributed by atoms with Gasteiger partial charge in [-0.15, -0.1) is 0 Å². The molecule has 2 aromatic rings. The molecular formula is C31H39N5O3. The van der Waals surface area contributed by atoms with Gasteiger partial charge in [-0.2, -0.15) is 0 Å². The van der Waals surface area contributed by atoms with E-state index in [1.54, 1.807) is 0 Å². The highest BCUT2D eigenvalue weighted by molar-refractivity contribution is 5.97. The van der Waals surface area contributed by atoms with Gasteiger partial charge in [0.1, 0.15) is 6.10 Å². The lowest BCUT2D eigenvalue weighted by Gasteiger charge is -2.35. The van der Waals surface area contributed by atoms with Crippen LogP contribution in [0, 0.1) is 5.92 Å². The van der Waals surface area contributed by atoms with E-state index in [4.69, 9.17) is 10.6 Å². The molecule has 4 rings (SSSR count). The predicted octanol–water partition coefficient (Wildman–Crippen LogP) is 3.53. The molecule has 2 heterocycles. The average Bonchev–Trinajstić information content (AvgIpc) is 3.41. The van der Waals surface area contributed by atoms with Gasteiger partial charge < -0.3 is 16.0 Å².